The van der Waals surface area contributed by atoms with E-state index in [1.54, 1.807) is 0 Å². The van der Waals surface area contributed by atoms with Gasteiger partial charge in [0.05, 0.1) is 0 Å². The Hall–Kier alpha value is -3.50. The second-order valence-corrected chi connectivity index (χ2v) is 6.28. The number of halogens is 3. The molecule has 0 saturated carbocycles. The van der Waals surface area contributed by atoms with E-state index in [1.807, 2.05) is 37.3 Å². The van der Waals surface area contributed by atoms with E-state index in [0.29, 0.717) is 18.1 Å². The molecule has 8 nitrogen and oxygen atoms in total. The topological polar surface area (TPSA) is 94.0 Å². The maximum Gasteiger partial charge on any atom is 0.433 e. The molecule has 4 aromatic rings. The Morgan fingerprint density at radius 3 is 2.69 bits per heavy atom. The van der Waals surface area contributed by atoms with Crippen LogP contribution in [0.5, 0.6) is 0 Å². The van der Waals surface area contributed by atoms with Crippen LogP contribution in [-0.4, -0.2) is 29.7 Å². The number of aryl methyl sites for hydroxylation is 1. The Labute approximate surface area is 162 Å². The molecule has 0 fully saturated rings. The minimum atomic E-state index is -4.63. The summed E-state index contributed by atoms with van der Waals surface area (Å²) in [7, 11) is 0. The number of alkyl halides is 3. The van der Waals surface area contributed by atoms with Crippen LogP contribution in [0.15, 0.2) is 47.2 Å². The quantitative estimate of drug-likeness (QED) is 0.525. The molecule has 0 saturated heterocycles. The van der Waals surface area contributed by atoms with Gasteiger partial charge >= 0.3 is 6.18 Å². The van der Waals surface area contributed by atoms with Gasteiger partial charge in [0.15, 0.2) is 11.5 Å². The standard InChI is InChI=1S/C18H16F3N7O/c1-2-6-14-26-16(27-29-14)15(11-7-4-3-5-8-11)25-13-9-12(18(19,20)21)24-17-22-10-23-28(13)17/h3-5,7-10,15,25H,2,6H2,1H3. The Morgan fingerprint density at radius 1 is 1.17 bits per heavy atom. The summed E-state index contributed by atoms with van der Waals surface area (Å²) in [4.78, 5) is 11.7. The summed E-state index contributed by atoms with van der Waals surface area (Å²) >= 11 is 0. The fraction of sp³-hybridized carbons (Fsp3) is 0.278. The molecule has 0 amide bonds. The number of aromatic nitrogens is 6. The van der Waals surface area contributed by atoms with Gasteiger partial charge in [-0.15, -0.1) is 0 Å². The van der Waals surface area contributed by atoms with Crippen LogP contribution in [0.25, 0.3) is 5.78 Å². The van der Waals surface area contributed by atoms with Crippen LogP contribution in [0.3, 0.4) is 0 Å². The maximum absolute atomic E-state index is 13.3. The molecule has 4 rings (SSSR count). The number of fused-ring (bicyclic) bond motifs is 1. The highest BCUT2D eigenvalue weighted by atomic mass is 19.4. The number of hydrogen-bond donors (Lipinski definition) is 1. The van der Waals surface area contributed by atoms with E-state index in [9.17, 15) is 13.2 Å². The summed E-state index contributed by atoms with van der Waals surface area (Å²) in [6.07, 6.45) is -2.06. The van der Waals surface area contributed by atoms with E-state index in [4.69, 9.17) is 4.52 Å². The molecule has 1 N–H and O–H groups in total. The normalized spacial score (nSPS) is 13.0. The average Bonchev–Trinajstić information content (AvgIpc) is 3.35. The molecule has 3 aromatic heterocycles. The van der Waals surface area contributed by atoms with Crippen LogP contribution in [0.2, 0.25) is 0 Å². The summed E-state index contributed by atoms with van der Waals surface area (Å²) in [5, 5.41) is 11.0. The van der Waals surface area contributed by atoms with Crippen molar-refractivity contribution in [3.05, 3.63) is 65.7 Å². The van der Waals surface area contributed by atoms with Crippen molar-refractivity contribution in [1.29, 1.82) is 0 Å². The van der Waals surface area contributed by atoms with Gasteiger partial charge < -0.3 is 9.84 Å². The average molecular weight is 403 g/mol. The minimum absolute atomic E-state index is 0.0514. The summed E-state index contributed by atoms with van der Waals surface area (Å²) in [5.74, 6) is 0.643. The number of benzene rings is 1. The van der Waals surface area contributed by atoms with Crippen molar-refractivity contribution in [3.8, 4) is 0 Å². The molecule has 0 aliphatic heterocycles. The van der Waals surface area contributed by atoms with Gasteiger partial charge in [-0.05, 0) is 12.0 Å². The lowest BCUT2D eigenvalue weighted by Crippen LogP contribution is -2.18. The number of anilines is 1. The Balaban J connectivity index is 1.79. The highest BCUT2D eigenvalue weighted by Gasteiger charge is 2.34. The maximum atomic E-state index is 13.3. The molecule has 1 atom stereocenters. The van der Waals surface area contributed by atoms with Gasteiger partial charge in [-0.3, -0.25) is 0 Å². The molecule has 0 aliphatic rings. The SMILES string of the molecule is CCCc1nc(C(Nc2cc(C(F)(F)F)nc3ncnn23)c2ccccc2)no1. The second-order valence-electron chi connectivity index (χ2n) is 6.28. The third kappa shape index (κ3) is 3.89. The zero-order valence-corrected chi connectivity index (χ0v) is 15.3. The molecule has 1 unspecified atom stereocenters. The predicted molar refractivity (Wildman–Crippen MR) is 96.0 cm³/mol. The zero-order chi connectivity index (χ0) is 20.4. The summed E-state index contributed by atoms with van der Waals surface area (Å²) in [5.41, 5.74) is -0.331. The summed E-state index contributed by atoms with van der Waals surface area (Å²) in [6, 6.07) is 9.32. The van der Waals surface area contributed by atoms with Crippen LogP contribution in [-0.2, 0) is 12.6 Å². The summed E-state index contributed by atoms with van der Waals surface area (Å²) in [6.45, 7) is 1.98. The molecule has 150 valence electrons. The van der Waals surface area contributed by atoms with Crippen molar-refractivity contribution in [2.24, 2.45) is 0 Å². The first-order chi connectivity index (χ1) is 14.0. The van der Waals surface area contributed by atoms with Crippen LogP contribution < -0.4 is 5.32 Å². The van der Waals surface area contributed by atoms with E-state index < -0.39 is 17.9 Å². The van der Waals surface area contributed by atoms with E-state index in [2.05, 4.69) is 30.5 Å². The minimum Gasteiger partial charge on any atom is -0.356 e. The number of nitrogens with one attached hydrogen (secondary N) is 1. The number of nitrogens with zero attached hydrogens (tertiary/aromatic N) is 6. The first-order valence-electron chi connectivity index (χ1n) is 8.87. The molecular weight excluding hydrogens is 387 g/mol. The summed E-state index contributed by atoms with van der Waals surface area (Å²) < 4.78 is 46.3. The van der Waals surface area contributed by atoms with Gasteiger partial charge in [0.25, 0.3) is 5.78 Å². The molecule has 11 heteroatoms. The van der Waals surface area contributed by atoms with Crippen LogP contribution in [0.4, 0.5) is 19.0 Å². The lowest BCUT2D eigenvalue weighted by molar-refractivity contribution is -0.141. The van der Waals surface area contributed by atoms with Gasteiger partial charge in [-0.2, -0.15) is 32.8 Å². The van der Waals surface area contributed by atoms with Gasteiger partial charge in [0.2, 0.25) is 5.89 Å². The monoisotopic (exact) mass is 403 g/mol. The van der Waals surface area contributed by atoms with Crippen molar-refractivity contribution >= 4 is 11.6 Å². The molecular formula is C18H16F3N7O. The molecule has 3 heterocycles. The third-order valence-corrected chi connectivity index (χ3v) is 4.17. The Morgan fingerprint density at radius 2 is 1.97 bits per heavy atom. The van der Waals surface area contributed by atoms with Gasteiger partial charge in [-0.1, -0.05) is 42.4 Å². The van der Waals surface area contributed by atoms with E-state index in [0.717, 1.165) is 24.4 Å². The first-order valence-corrected chi connectivity index (χ1v) is 8.87. The largest absolute Gasteiger partial charge is 0.433 e. The highest BCUT2D eigenvalue weighted by Crippen LogP contribution is 2.31. The smallest absolute Gasteiger partial charge is 0.356 e. The first kappa shape index (κ1) is 18.8. The highest BCUT2D eigenvalue weighted by molar-refractivity contribution is 5.48. The van der Waals surface area contributed by atoms with Crippen molar-refractivity contribution in [1.82, 2.24) is 29.7 Å². The predicted octanol–water partition coefficient (Wildman–Crippen LogP) is 3.68. The van der Waals surface area contributed by atoms with Gasteiger partial charge in [0, 0.05) is 12.5 Å². The lowest BCUT2D eigenvalue weighted by Gasteiger charge is -2.18. The zero-order valence-electron chi connectivity index (χ0n) is 15.3. The molecule has 0 aliphatic carbocycles. The van der Waals surface area contributed by atoms with E-state index in [-0.39, 0.29) is 11.6 Å². The van der Waals surface area contributed by atoms with Crippen LogP contribution >= 0.6 is 0 Å². The van der Waals surface area contributed by atoms with Crippen molar-refractivity contribution in [2.45, 2.75) is 32.0 Å². The Kier molecular flexibility index (Phi) is 4.87. The van der Waals surface area contributed by atoms with Crippen molar-refractivity contribution < 1.29 is 17.7 Å². The molecule has 29 heavy (non-hydrogen) atoms. The Bertz CT molecular complexity index is 1110. The van der Waals surface area contributed by atoms with Crippen LogP contribution in [0, 0.1) is 0 Å². The van der Waals surface area contributed by atoms with Gasteiger partial charge in [-0.25, -0.2) is 4.98 Å². The molecule has 0 spiro atoms. The number of rotatable bonds is 6. The third-order valence-electron chi connectivity index (χ3n) is 4.17. The van der Waals surface area contributed by atoms with E-state index >= 15 is 0 Å². The van der Waals surface area contributed by atoms with Crippen LogP contribution in [0.1, 0.15) is 42.4 Å². The van der Waals surface area contributed by atoms with E-state index in [1.165, 1.54) is 4.52 Å². The fourth-order valence-electron chi connectivity index (χ4n) is 2.85. The molecule has 0 radical (unpaired) electrons. The second kappa shape index (κ2) is 7.49. The number of hydrogen-bond acceptors (Lipinski definition) is 7. The lowest BCUT2D eigenvalue weighted by atomic mass is 10.1. The molecule has 1 aromatic carbocycles. The fourth-order valence-corrected chi connectivity index (χ4v) is 2.85. The van der Waals surface area contributed by atoms with Gasteiger partial charge in [0.1, 0.15) is 18.2 Å². The van der Waals surface area contributed by atoms with Crippen molar-refractivity contribution in [2.75, 3.05) is 5.32 Å². The molecule has 0 bridgehead atoms. The van der Waals surface area contributed by atoms with Crippen molar-refractivity contribution in [3.63, 3.8) is 0 Å².